The van der Waals surface area contributed by atoms with Gasteiger partial charge in [0.05, 0.1) is 24.0 Å². The number of carbonyl (C=O) groups is 2. The second-order valence-electron chi connectivity index (χ2n) is 6.29. The van der Waals surface area contributed by atoms with Gasteiger partial charge in [0.1, 0.15) is 0 Å². The Morgan fingerprint density at radius 3 is 2.54 bits per heavy atom. The number of para-hydroxylation sites is 2. The highest BCUT2D eigenvalue weighted by Crippen LogP contribution is 2.21. The smallest absolute Gasteiger partial charge is 0.238 e. The van der Waals surface area contributed by atoms with Crippen molar-refractivity contribution >= 4 is 23.2 Å². The minimum Gasteiger partial charge on any atom is -0.378 e. The summed E-state index contributed by atoms with van der Waals surface area (Å²) in [6, 6.07) is 7.18. The van der Waals surface area contributed by atoms with Gasteiger partial charge in [0.2, 0.25) is 11.8 Å². The molecule has 6 heteroatoms. The Morgan fingerprint density at radius 2 is 1.92 bits per heavy atom. The van der Waals surface area contributed by atoms with Crippen LogP contribution in [-0.2, 0) is 14.3 Å². The lowest BCUT2D eigenvalue weighted by Crippen LogP contribution is -2.33. The molecule has 0 aliphatic carbocycles. The zero-order chi connectivity index (χ0) is 17.4. The third-order valence-electron chi connectivity index (χ3n) is 4.03. The van der Waals surface area contributed by atoms with E-state index < -0.39 is 0 Å². The number of ether oxygens (including phenoxy) is 1. The first kappa shape index (κ1) is 18.4. The van der Waals surface area contributed by atoms with E-state index in [0.29, 0.717) is 24.0 Å². The van der Waals surface area contributed by atoms with Crippen LogP contribution in [0.15, 0.2) is 24.3 Å². The zero-order valence-electron chi connectivity index (χ0n) is 14.5. The largest absolute Gasteiger partial charge is 0.378 e. The number of likely N-dealkylation sites (N-methyl/N-ethyl adjacent to an activating group) is 1. The average molecular weight is 333 g/mol. The number of hydrogen-bond acceptors (Lipinski definition) is 4. The van der Waals surface area contributed by atoms with Crippen molar-refractivity contribution in [2.24, 2.45) is 0 Å². The Labute approximate surface area is 143 Å². The Morgan fingerprint density at radius 1 is 1.21 bits per heavy atom. The molecule has 0 aromatic heterocycles. The van der Waals surface area contributed by atoms with Crippen molar-refractivity contribution < 1.29 is 14.3 Å². The summed E-state index contributed by atoms with van der Waals surface area (Å²) in [5.74, 6) is -0.263. The first-order chi connectivity index (χ1) is 11.5. The van der Waals surface area contributed by atoms with E-state index in [2.05, 4.69) is 10.6 Å². The van der Waals surface area contributed by atoms with Gasteiger partial charge in [0.25, 0.3) is 0 Å². The number of benzene rings is 1. The highest BCUT2D eigenvalue weighted by Gasteiger charge is 2.15. The van der Waals surface area contributed by atoms with Gasteiger partial charge in [-0.05, 0) is 44.9 Å². The fourth-order valence-corrected chi connectivity index (χ4v) is 2.80. The van der Waals surface area contributed by atoms with E-state index in [1.165, 1.54) is 13.3 Å². The standard InChI is InChI=1S/C18H27N3O3/c1-14(22)19-16-8-3-4-9-17(16)20-18(23)13-21(2)11-10-15-7-5-6-12-24-15/h3-4,8-9,15H,5-7,10-13H2,1-2H3,(H,19,22)(H,20,23). The highest BCUT2D eigenvalue weighted by atomic mass is 16.5. The quantitative estimate of drug-likeness (QED) is 0.804. The maximum Gasteiger partial charge on any atom is 0.238 e. The summed E-state index contributed by atoms with van der Waals surface area (Å²) in [6.45, 7) is 3.43. The molecule has 1 aromatic rings. The van der Waals surface area contributed by atoms with E-state index in [-0.39, 0.29) is 11.8 Å². The molecule has 2 amide bonds. The van der Waals surface area contributed by atoms with E-state index in [9.17, 15) is 9.59 Å². The van der Waals surface area contributed by atoms with Gasteiger partial charge < -0.3 is 15.4 Å². The van der Waals surface area contributed by atoms with E-state index in [1.807, 2.05) is 24.1 Å². The molecule has 0 spiro atoms. The summed E-state index contributed by atoms with van der Waals surface area (Å²) in [5.41, 5.74) is 1.22. The fourth-order valence-electron chi connectivity index (χ4n) is 2.80. The van der Waals surface area contributed by atoms with Crippen molar-refractivity contribution in [1.82, 2.24) is 4.90 Å². The molecule has 1 aliphatic rings. The first-order valence-corrected chi connectivity index (χ1v) is 8.51. The number of amides is 2. The number of hydrogen-bond donors (Lipinski definition) is 2. The molecule has 1 fully saturated rings. The van der Waals surface area contributed by atoms with Gasteiger partial charge in [-0.25, -0.2) is 0 Å². The van der Waals surface area contributed by atoms with Gasteiger partial charge in [-0.1, -0.05) is 12.1 Å². The van der Waals surface area contributed by atoms with Crippen LogP contribution in [-0.4, -0.2) is 49.6 Å². The van der Waals surface area contributed by atoms with Crippen molar-refractivity contribution in [2.45, 2.75) is 38.7 Å². The lowest BCUT2D eigenvalue weighted by molar-refractivity contribution is -0.117. The molecule has 0 radical (unpaired) electrons. The van der Waals surface area contributed by atoms with Crippen LogP contribution in [0.5, 0.6) is 0 Å². The molecule has 0 bridgehead atoms. The van der Waals surface area contributed by atoms with E-state index in [0.717, 1.165) is 32.4 Å². The van der Waals surface area contributed by atoms with Crippen LogP contribution in [0.1, 0.15) is 32.6 Å². The number of anilines is 2. The Kier molecular flexibility index (Phi) is 7.21. The van der Waals surface area contributed by atoms with Crippen LogP contribution in [0.2, 0.25) is 0 Å². The van der Waals surface area contributed by atoms with Gasteiger partial charge in [-0.15, -0.1) is 0 Å². The second kappa shape index (κ2) is 9.39. The minimum absolute atomic E-state index is 0.0973. The second-order valence-corrected chi connectivity index (χ2v) is 6.29. The average Bonchev–Trinajstić information content (AvgIpc) is 2.55. The summed E-state index contributed by atoms with van der Waals surface area (Å²) >= 11 is 0. The van der Waals surface area contributed by atoms with Crippen molar-refractivity contribution in [1.29, 1.82) is 0 Å². The molecule has 1 aromatic carbocycles. The lowest BCUT2D eigenvalue weighted by atomic mass is 10.1. The first-order valence-electron chi connectivity index (χ1n) is 8.51. The summed E-state index contributed by atoms with van der Waals surface area (Å²) in [7, 11) is 1.93. The van der Waals surface area contributed by atoms with Gasteiger partial charge in [0.15, 0.2) is 0 Å². The highest BCUT2D eigenvalue weighted by molar-refractivity contribution is 5.99. The number of carbonyl (C=O) groups excluding carboxylic acids is 2. The molecular weight excluding hydrogens is 306 g/mol. The number of rotatable bonds is 7. The van der Waals surface area contributed by atoms with Gasteiger partial charge in [0, 0.05) is 20.1 Å². The molecular formula is C18H27N3O3. The van der Waals surface area contributed by atoms with Crippen LogP contribution in [0.3, 0.4) is 0 Å². The molecule has 2 rings (SSSR count). The molecule has 6 nitrogen and oxygen atoms in total. The maximum atomic E-state index is 12.2. The third kappa shape index (κ3) is 6.29. The van der Waals surface area contributed by atoms with Crippen molar-refractivity contribution in [3.8, 4) is 0 Å². The Balaban J connectivity index is 1.78. The van der Waals surface area contributed by atoms with Crippen molar-refractivity contribution in [3.63, 3.8) is 0 Å². The van der Waals surface area contributed by atoms with Crippen molar-refractivity contribution in [2.75, 3.05) is 37.4 Å². The van der Waals surface area contributed by atoms with E-state index in [1.54, 1.807) is 12.1 Å². The third-order valence-corrected chi connectivity index (χ3v) is 4.03. The molecule has 1 saturated heterocycles. The molecule has 0 saturated carbocycles. The minimum atomic E-state index is -0.165. The number of nitrogens with zero attached hydrogens (tertiary/aromatic N) is 1. The molecule has 1 aliphatic heterocycles. The summed E-state index contributed by atoms with van der Waals surface area (Å²) in [5, 5.41) is 5.57. The van der Waals surface area contributed by atoms with Crippen LogP contribution in [0, 0.1) is 0 Å². The number of nitrogens with one attached hydrogen (secondary N) is 2. The fraction of sp³-hybridized carbons (Fsp3) is 0.556. The normalized spacial score (nSPS) is 17.5. The predicted molar refractivity (Wildman–Crippen MR) is 95.1 cm³/mol. The molecule has 1 atom stereocenters. The predicted octanol–water partition coefficient (Wildman–Crippen LogP) is 2.47. The van der Waals surface area contributed by atoms with Crippen molar-refractivity contribution in [3.05, 3.63) is 24.3 Å². The van der Waals surface area contributed by atoms with E-state index >= 15 is 0 Å². The molecule has 24 heavy (non-hydrogen) atoms. The summed E-state index contributed by atoms with van der Waals surface area (Å²) in [4.78, 5) is 25.4. The Hall–Kier alpha value is -1.92. The van der Waals surface area contributed by atoms with Gasteiger partial charge in [-0.3, -0.25) is 14.5 Å². The molecule has 132 valence electrons. The van der Waals surface area contributed by atoms with Gasteiger partial charge in [-0.2, -0.15) is 0 Å². The van der Waals surface area contributed by atoms with Crippen LogP contribution in [0.4, 0.5) is 11.4 Å². The maximum absolute atomic E-state index is 12.2. The van der Waals surface area contributed by atoms with Crippen LogP contribution in [0.25, 0.3) is 0 Å². The van der Waals surface area contributed by atoms with Gasteiger partial charge >= 0.3 is 0 Å². The molecule has 2 N–H and O–H groups in total. The Bertz CT molecular complexity index is 556. The summed E-state index contributed by atoms with van der Waals surface area (Å²) < 4.78 is 5.71. The lowest BCUT2D eigenvalue weighted by Gasteiger charge is -2.25. The van der Waals surface area contributed by atoms with Crippen LogP contribution < -0.4 is 10.6 Å². The van der Waals surface area contributed by atoms with Crippen LogP contribution >= 0.6 is 0 Å². The topological polar surface area (TPSA) is 70.7 Å². The summed E-state index contributed by atoms with van der Waals surface area (Å²) in [6.07, 6.45) is 4.78. The SMILES string of the molecule is CC(=O)Nc1ccccc1NC(=O)CN(C)CCC1CCCCO1. The monoisotopic (exact) mass is 333 g/mol. The molecule has 1 unspecified atom stereocenters. The zero-order valence-corrected chi connectivity index (χ0v) is 14.5. The molecule has 1 heterocycles. The van der Waals surface area contributed by atoms with E-state index in [4.69, 9.17) is 4.74 Å².